The third kappa shape index (κ3) is 5.72. The van der Waals surface area contributed by atoms with Gasteiger partial charge in [-0.3, -0.25) is 0 Å². The molecule has 1 aliphatic rings. The molecule has 1 saturated carbocycles. The van der Waals surface area contributed by atoms with Gasteiger partial charge >= 0.3 is 12.0 Å². The number of rotatable bonds is 8. The van der Waals surface area contributed by atoms with Crippen LogP contribution in [0.3, 0.4) is 0 Å². The summed E-state index contributed by atoms with van der Waals surface area (Å²) in [6.45, 7) is 4.81. The van der Waals surface area contributed by atoms with Crippen LogP contribution >= 0.6 is 11.8 Å². The maximum absolute atomic E-state index is 12.2. The number of carboxylic acids is 1. The molecule has 2 N–H and O–H groups in total. The van der Waals surface area contributed by atoms with Gasteiger partial charge in [0.1, 0.15) is 6.04 Å². The lowest BCUT2D eigenvalue weighted by Gasteiger charge is -2.26. The Hall–Kier alpha value is -0.910. The molecule has 1 atom stereocenters. The first-order valence-corrected chi connectivity index (χ1v) is 8.14. The first kappa shape index (κ1) is 16.1. The van der Waals surface area contributed by atoms with E-state index in [2.05, 4.69) is 19.2 Å². The molecule has 0 saturated heterocycles. The molecule has 0 aromatic rings. The second kappa shape index (κ2) is 7.62. The average molecular weight is 288 g/mol. The maximum atomic E-state index is 12.2. The minimum absolute atomic E-state index is 0.232. The Morgan fingerprint density at radius 3 is 2.47 bits per heavy atom. The Morgan fingerprint density at radius 2 is 2.05 bits per heavy atom. The minimum Gasteiger partial charge on any atom is -0.480 e. The number of amides is 2. The number of urea groups is 1. The van der Waals surface area contributed by atoms with E-state index in [4.69, 9.17) is 5.11 Å². The molecule has 19 heavy (non-hydrogen) atoms. The zero-order valence-corrected chi connectivity index (χ0v) is 12.7. The van der Waals surface area contributed by atoms with Crippen LogP contribution in [0.5, 0.6) is 0 Å². The minimum atomic E-state index is -0.956. The molecule has 1 fully saturated rings. The topological polar surface area (TPSA) is 69.6 Å². The van der Waals surface area contributed by atoms with Crippen molar-refractivity contribution in [3.8, 4) is 0 Å². The number of hydrogen-bond donors (Lipinski definition) is 2. The van der Waals surface area contributed by atoms with Crippen LogP contribution in [-0.2, 0) is 4.79 Å². The number of hydrogen-bond acceptors (Lipinski definition) is 3. The molecule has 0 aromatic carbocycles. The Morgan fingerprint density at radius 1 is 1.42 bits per heavy atom. The van der Waals surface area contributed by atoms with Gasteiger partial charge in [0.15, 0.2) is 0 Å². The quantitative estimate of drug-likeness (QED) is 0.717. The van der Waals surface area contributed by atoms with Crippen molar-refractivity contribution in [3.05, 3.63) is 0 Å². The smallest absolute Gasteiger partial charge is 0.326 e. The van der Waals surface area contributed by atoms with E-state index in [1.54, 1.807) is 16.7 Å². The van der Waals surface area contributed by atoms with E-state index >= 15 is 0 Å². The molecule has 0 radical (unpaired) electrons. The zero-order valence-electron chi connectivity index (χ0n) is 11.9. The maximum Gasteiger partial charge on any atom is 0.326 e. The molecule has 6 heteroatoms. The number of carbonyl (C=O) groups is 2. The highest BCUT2D eigenvalue weighted by molar-refractivity contribution is 7.98. The first-order valence-electron chi connectivity index (χ1n) is 6.74. The van der Waals surface area contributed by atoms with Crippen molar-refractivity contribution in [2.24, 2.45) is 5.92 Å². The van der Waals surface area contributed by atoms with Gasteiger partial charge in [0.2, 0.25) is 0 Å². The summed E-state index contributed by atoms with van der Waals surface area (Å²) in [4.78, 5) is 25.1. The molecule has 0 aliphatic heterocycles. The molecule has 0 bridgehead atoms. The van der Waals surface area contributed by atoms with Crippen molar-refractivity contribution >= 4 is 23.8 Å². The fourth-order valence-electron chi connectivity index (χ4n) is 1.90. The van der Waals surface area contributed by atoms with Crippen LogP contribution in [-0.4, -0.2) is 52.6 Å². The van der Waals surface area contributed by atoms with Crippen molar-refractivity contribution in [3.63, 3.8) is 0 Å². The third-order valence-electron chi connectivity index (χ3n) is 3.02. The molecule has 0 heterocycles. The molecule has 0 aromatic heterocycles. The number of carboxylic acid groups (broad SMARTS) is 1. The molecular weight excluding hydrogens is 264 g/mol. The summed E-state index contributed by atoms with van der Waals surface area (Å²) in [5.41, 5.74) is 0. The predicted octanol–water partition coefficient (Wildman–Crippen LogP) is 2.02. The van der Waals surface area contributed by atoms with Gasteiger partial charge in [-0.1, -0.05) is 13.8 Å². The Balaban J connectivity index is 2.54. The summed E-state index contributed by atoms with van der Waals surface area (Å²) < 4.78 is 0. The second-order valence-electron chi connectivity index (χ2n) is 5.40. The van der Waals surface area contributed by atoms with Crippen LogP contribution in [0.15, 0.2) is 0 Å². The Labute approximate surface area is 119 Å². The lowest BCUT2D eigenvalue weighted by Crippen LogP contribution is -2.49. The number of aliphatic carboxylic acids is 1. The first-order chi connectivity index (χ1) is 8.95. The molecule has 1 unspecified atom stereocenters. The van der Waals surface area contributed by atoms with Crippen molar-refractivity contribution in [1.82, 2.24) is 10.2 Å². The van der Waals surface area contributed by atoms with Gasteiger partial charge in [0.05, 0.1) is 0 Å². The standard InChI is InChI=1S/C13H24N2O3S/c1-9(2)8-15(10-4-5-10)13(18)14-11(12(16)17)6-7-19-3/h9-11H,4-8H2,1-3H3,(H,14,18)(H,16,17). The van der Waals surface area contributed by atoms with E-state index in [1.807, 2.05) is 6.26 Å². The summed E-state index contributed by atoms with van der Waals surface area (Å²) in [6, 6.07) is -0.713. The predicted molar refractivity (Wildman–Crippen MR) is 77.5 cm³/mol. The van der Waals surface area contributed by atoms with Crippen molar-refractivity contribution in [2.75, 3.05) is 18.6 Å². The fourth-order valence-corrected chi connectivity index (χ4v) is 2.37. The Kier molecular flexibility index (Phi) is 6.48. The summed E-state index contributed by atoms with van der Waals surface area (Å²) in [5, 5.41) is 11.8. The van der Waals surface area contributed by atoms with Gasteiger partial charge in [-0.15, -0.1) is 0 Å². The van der Waals surface area contributed by atoms with Gasteiger partial charge in [0, 0.05) is 12.6 Å². The SMILES string of the molecule is CSCCC(NC(=O)N(CC(C)C)C1CC1)C(=O)O. The summed E-state index contributed by atoms with van der Waals surface area (Å²) in [7, 11) is 0. The summed E-state index contributed by atoms with van der Waals surface area (Å²) >= 11 is 1.58. The molecule has 5 nitrogen and oxygen atoms in total. The molecule has 1 rings (SSSR count). The van der Waals surface area contributed by atoms with E-state index in [0.717, 1.165) is 18.6 Å². The monoisotopic (exact) mass is 288 g/mol. The van der Waals surface area contributed by atoms with Gasteiger partial charge in [-0.05, 0) is 37.2 Å². The lowest BCUT2D eigenvalue weighted by atomic mass is 10.2. The largest absolute Gasteiger partial charge is 0.480 e. The van der Waals surface area contributed by atoms with Crippen LogP contribution < -0.4 is 5.32 Å². The van der Waals surface area contributed by atoms with E-state index in [-0.39, 0.29) is 6.03 Å². The number of nitrogens with one attached hydrogen (secondary N) is 1. The zero-order chi connectivity index (χ0) is 14.4. The van der Waals surface area contributed by atoms with Gasteiger partial charge in [0.25, 0.3) is 0 Å². The lowest BCUT2D eigenvalue weighted by molar-refractivity contribution is -0.139. The van der Waals surface area contributed by atoms with Crippen LogP contribution in [0.25, 0.3) is 0 Å². The van der Waals surface area contributed by atoms with Crippen molar-refractivity contribution < 1.29 is 14.7 Å². The Bertz CT molecular complexity index is 319. The number of nitrogens with zero attached hydrogens (tertiary/aromatic N) is 1. The van der Waals surface area contributed by atoms with Crippen LogP contribution in [0.2, 0.25) is 0 Å². The molecular formula is C13H24N2O3S. The molecule has 1 aliphatic carbocycles. The second-order valence-corrected chi connectivity index (χ2v) is 6.38. The highest BCUT2D eigenvalue weighted by Gasteiger charge is 2.34. The number of carbonyl (C=O) groups excluding carboxylic acids is 1. The summed E-state index contributed by atoms with van der Waals surface area (Å²) in [6.07, 6.45) is 4.45. The normalized spacial score (nSPS) is 16.2. The van der Waals surface area contributed by atoms with Gasteiger partial charge < -0.3 is 15.3 Å². The highest BCUT2D eigenvalue weighted by atomic mass is 32.2. The third-order valence-corrected chi connectivity index (χ3v) is 3.66. The van der Waals surface area contributed by atoms with E-state index in [0.29, 0.717) is 24.9 Å². The van der Waals surface area contributed by atoms with Gasteiger partial charge in [-0.2, -0.15) is 11.8 Å². The van der Waals surface area contributed by atoms with E-state index in [9.17, 15) is 9.59 Å². The van der Waals surface area contributed by atoms with Crippen molar-refractivity contribution in [1.29, 1.82) is 0 Å². The van der Waals surface area contributed by atoms with E-state index < -0.39 is 12.0 Å². The van der Waals surface area contributed by atoms with Crippen molar-refractivity contribution in [2.45, 2.75) is 45.2 Å². The molecule has 0 spiro atoms. The molecule has 2 amide bonds. The van der Waals surface area contributed by atoms with Gasteiger partial charge in [-0.25, -0.2) is 9.59 Å². The fraction of sp³-hybridized carbons (Fsp3) is 0.846. The van der Waals surface area contributed by atoms with E-state index in [1.165, 1.54) is 0 Å². The van der Waals surface area contributed by atoms with Crippen LogP contribution in [0, 0.1) is 5.92 Å². The van der Waals surface area contributed by atoms with Crippen LogP contribution in [0.4, 0.5) is 4.79 Å². The molecule has 110 valence electrons. The summed E-state index contributed by atoms with van der Waals surface area (Å²) in [5.74, 6) is 0.161. The average Bonchev–Trinajstić information content (AvgIpc) is 3.14. The highest BCUT2D eigenvalue weighted by Crippen LogP contribution is 2.27. The van der Waals surface area contributed by atoms with Crippen LogP contribution in [0.1, 0.15) is 33.1 Å². The number of thioether (sulfide) groups is 1.